The molecule has 4 N–H and O–H groups in total. The first-order valence-electron chi connectivity index (χ1n) is 6.32. The molecule has 0 aliphatic heterocycles. The highest BCUT2D eigenvalue weighted by atomic mass is 16.4. The summed E-state index contributed by atoms with van der Waals surface area (Å²) in [6.45, 7) is 6.31. The first-order chi connectivity index (χ1) is 9.02. The van der Waals surface area contributed by atoms with E-state index in [1.165, 1.54) is 0 Å². The van der Waals surface area contributed by atoms with Crippen LogP contribution in [0.1, 0.15) is 27.7 Å². The molecule has 0 amide bonds. The van der Waals surface area contributed by atoms with Crippen molar-refractivity contribution in [1.29, 1.82) is 0 Å². The van der Waals surface area contributed by atoms with Gasteiger partial charge in [-0.1, -0.05) is 18.2 Å². The minimum absolute atomic E-state index is 0.177. The summed E-state index contributed by atoms with van der Waals surface area (Å²) in [6, 6.07) is 8.94. The van der Waals surface area contributed by atoms with E-state index in [2.05, 4.69) is 0 Å². The molecule has 0 radical (unpaired) electrons. The minimum atomic E-state index is -1.53. The van der Waals surface area contributed by atoms with Crippen LogP contribution in [0.2, 0.25) is 0 Å². The molecule has 6 heteroatoms. The van der Waals surface area contributed by atoms with Crippen LogP contribution < -0.4 is 5.66 Å². The van der Waals surface area contributed by atoms with Gasteiger partial charge in [-0.25, -0.2) is 0 Å². The maximum atomic E-state index is 9.10. The SMILES string of the molecule is CC(C)(O)C(C)(C)O.OB(O)c1cc2ccccc2o1. The quantitative estimate of drug-likeness (QED) is 0.606. The summed E-state index contributed by atoms with van der Waals surface area (Å²) in [4.78, 5) is 0. The van der Waals surface area contributed by atoms with Gasteiger partial charge in [-0.3, -0.25) is 0 Å². The molecule has 1 aromatic carbocycles. The van der Waals surface area contributed by atoms with Gasteiger partial charge in [0.1, 0.15) is 11.2 Å². The Hall–Kier alpha value is -1.34. The monoisotopic (exact) mass is 280 g/mol. The number of benzene rings is 1. The lowest BCUT2D eigenvalue weighted by Gasteiger charge is -2.31. The Morgan fingerprint density at radius 1 is 0.950 bits per heavy atom. The molecule has 1 heterocycles. The van der Waals surface area contributed by atoms with Crippen molar-refractivity contribution < 1.29 is 24.7 Å². The van der Waals surface area contributed by atoms with Gasteiger partial charge in [0, 0.05) is 5.39 Å². The molecule has 1 aromatic heterocycles. The first kappa shape index (κ1) is 16.7. The number of aliphatic hydroxyl groups is 2. The van der Waals surface area contributed by atoms with E-state index in [0.717, 1.165) is 5.39 Å². The smallest absolute Gasteiger partial charge is 0.465 e. The molecule has 0 unspecified atom stereocenters. The van der Waals surface area contributed by atoms with Gasteiger partial charge in [0.2, 0.25) is 0 Å². The molecule has 0 fully saturated rings. The van der Waals surface area contributed by atoms with Crippen LogP contribution in [0.15, 0.2) is 34.7 Å². The molecular formula is C14H21BO5. The average molecular weight is 280 g/mol. The maximum Gasteiger partial charge on any atom is 0.526 e. The minimum Gasteiger partial charge on any atom is -0.465 e. The summed E-state index contributed by atoms with van der Waals surface area (Å²) < 4.78 is 5.13. The van der Waals surface area contributed by atoms with Crippen molar-refractivity contribution in [2.45, 2.75) is 38.9 Å². The summed E-state index contributed by atoms with van der Waals surface area (Å²) in [5, 5.41) is 36.7. The van der Waals surface area contributed by atoms with Crippen molar-refractivity contribution in [2.24, 2.45) is 0 Å². The average Bonchev–Trinajstić information content (AvgIpc) is 2.70. The zero-order chi connectivity index (χ0) is 15.6. The normalized spacial score (nSPS) is 12.0. The molecule has 5 nitrogen and oxygen atoms in total. The summed E-state index contributed by atoms with van der Waals surface area (Å²) in [5.74, 6) is 0. The fourth-order valence-corrected chi connectivity index (χ4v) is 1.13. The Morgan fingerprint density at radius 3 is 1.85 bits per heavy atom. The van der Waals surface area contributed by atoms with E-state index in [0.29, 0.717) is 5.58 Å². The van der Waals surface area contributed by atoms with Crippen LogP contribution in [0.5, 0.6) is 0 Å². The molecule has 20 heavy (non-hydrogen) atoms. The summed E-state index contributed by atoms with van der Waals surface area (Å²) in [6.07, 6.45) is 0. The summed E-state index contributed by atoms with van der Waals surface area (Å²) >= 11 is 0. The van der Waals surface area contributed by atoms with Gasteiger partial charge in [-0.2, -0.15) is 0 Å². The van der Waals surface area contributed by atoms with Crippen LogP contribution >= 0.6 is 0 Å². The molecule has 0 bridgehead atoms. The number of furan rings is 1. The predicted molar refractivity (Wildman–Crippen MR) is 78.6 cm³/mol. The number of hydrogen-bond donors (Lipinski definition) is 4. The molecule has 0 atom stereocenters. The van der Waals surface area contributed by atoms with Crippen molar-refractivity contribution in [3.8, 4) is 0 Å². The Bertz CT molecular complexity index is 503. The molecule has 2 rings (SSSR count). The third kappa shape index (κ3) is 4.35. The van der Waals surface area contributed by atoms with Gasteiger partial charge in [0.25, 0.3) is 0 Å². The number of hydrogen-bond acceptors (Lipinski definition) is 5. The van der Waals surface area contributed by atoms with E-state index in [4.69, 9.17) is 24.7 Å². The van der Waals surface area contributed by atoms with Crippen molar-refractivity contribution in [1.82, 2.24) is 0 Å². The highest BCUT2D eigenvalue weighted by molar-refractivity contribution is 6.57. The third-order valence-electron chi connectivity index (χ3n) is 3.20. The van der Waals surface area contributed by atoms with Crippen LogP contribution in [0.25, 0.3) is 11.0 Å². The van der Waals surface area contributed by atoms with Crippen molar-refractivity contribution in [3.63, 3.8) is 0 Å². The lowest BCUT2D eigenvalue weighted by Crippen LogP contribution is -2.44. The van der Waals surface area contributed by atoms with Crippen LogP contribution in [0.4, 0.5) is 0 Å². The molecule has 0 aliphatic carbocycles. The molecule has 0 saturated heterocycles. The Morgan fingerprint density at radius 2 is 1.45 bits per heavy atom. The Kier molecular flexibility index (Phi) is 4.99. The second-order valence-corrected chi connectivity index (χ2v) is 5.68. The number of rotatable bonds is 2. The van der Waals surface area contributed by atoms with Crippen LogP contribution in [0.3, 0.4) is 0 Å². The predicted octanol–water partition coefficient (Wildman–Crippen LogP) is 0.641. The number of fused-ring (bicyclic) bond motifs is 1. The lowest BCUT2D eigenvalue weighted by atomic mass is 9.88. The fraction of sp³-hybridized carbons (Fsp3) is 0.429. The zero-order valence-corrected chi connectivity index (χ0v) is 12.2. The van der Waals surface area contributed by atoms with E-state index >= 15 is 0 Å². The van der Waals surface area contributed by atoms with Gasteiger partial charge in [0.15, 0.2) is 0 Å². The van der Waals surface area contributed by atoms with Crippen molar-refractivity contribution >= 4 is 23.7 Å². The maximum absolute atomic E-state index is 9.10. The van der Waals surface area contributed by atoms with Gasteiger partial charge in [-0.05, 0) is 39.8 Å². The van der Waals surface area contributed by atoms with Gasteiger partial charge < -0.3 is 24.7 Å². The lowest BCUT2D eigenvalue weighted by molar-refractivity contribution is -0.107. The van der Waals surface area contributed by atoms with E-state index in [9.17, 15) is 0 Å². The molecule has 110 valence electrons. The molecule has 0 saturated carbocycles. The third-order valence-corrected chi connectivity index (χ3v) is 3.20. The van der Waals surface area contributed by atoms with Gasteiger partial charge >= 0.3 is 7.12 Å². The highest BCUT2D eigenvalue weighted by Crippen LogP contribution is 2.19. The Labute approximate surface area is 118 Å². The summed E-state index contributed by atoms with van der Waals surface area (Å²) in [7, 11) is -1.53. The number of para-hydroxylation sites is 1. The zero-order valence-electron chi connectivity index (χ0n) is 12.2. The molecule has 2 aromatic rings. The van der Waals surface area contributed by atoms with Crippen molar-refractivity contribution in [3.05, 3.63) is 30.3 Å². The Balaban J connectivity index is 0.000000221. The van der Waals surface area contributed by atoms with Gasteiger partial charge in [-0.15, -0.1) is 0 Å². The van der Waals surface area contributed by atoms with Crippen LogP contribution in [-0.2, 0) is 0 Å². The van der Waals surface area contributed by atoms with E-state index < -0.39 is 18.3 Å². The topological polar surface area (TPSA) is 94.1 Å². The second-order valence-electron chi connectivity index (χ2n) is 5.68. The van der Waals surface area contributed by atoms with E-state index in [1.807, 2.05) is 18.2 Å². The van der Waals surface area contributed by atoms with E-state index in [1.54, 1.807) is 39.8 Å². The first-order valence-corrected chi connectivity index (χ1v) is 6.32. The van der Waals surface area contributed by atoms with Gasteiger partial charge in [0.05, 0.1) is 11.2 Å². The van der Waals surface area contributed by atoms with Crippen LogP contribution in [0, 0.1) is 0 Å². The fourth-order valence-electron chi connectivity index (χ4n) is 1.13. The molecule has 0 spiro atoms. The largest absolute Gasteiger partial charge is 0.526 e. The van der Waals surface area contributed by atoms with E-state index in [-0.39, 0.29) is 5.66 Å². The van der Waals surface area contributed by atoms with Crippen molar-refractivity contribution in [2.75, 3.05) is 0 Å². The molecule has 0 aliphatic rings. The van der Waals surface area contributed by atoms with Crippen LogP contribution in [-0.4, -0.2) is 38.6 Å². The standard InChI is InChI=1S/C8H7BO3.C6H14O2/c10-9(11)8-5-6-3-1-2-4-7(6)12-8;1-5(2,7)6(3,4)8/h1-5,10-11H;7-8H,1-4H3. The highest BCUT2D eigenvalue weighted by Gasteiger charge is 2.31. The molecular weight excluding hydrogens is 259 g/mol. The summed E-state index contributed by atoms with van der Waals surface area (Å²) in [5.41, 5.74) is -1.17. The second kappa shape index (κ2) is 5.97.